The zero-order chi connectivity index (χ0) is 17.8. The first kappa shape index (κ1) is 15.3. The Morgan fingerprint density at radius 2 is 2.00 bits per heavy atom. The molecule has 6 heteroatoms. The molecule has 1 aliphatic rings. The van der Waals surface area contributed by atoms with E-state index in [0.717, 1.165) is 34.9 Å². The van der Waals surface area contributed by atoms with Gasteiger partial charge in [0.2, 0.25) is 11.8 Å². The summed E-state index contributed by atoms with van der Waals surface area (Å²) in [5.74, 6) is 1.87. The molecule has 1 fully saturated rings. The van der Waals surface area contributed by atoms with E-state index in [1.165, 1.54) is 0 Å². The molecule has 1 N–H and O–H groups in total. The monoisotopic (exact) mass is 346 g/mol. The van der Waals surface area contributed by atoms with Crippen LogP contribution in [-0.4, -0.2) is 20.2 Å². The fourth-order valence-corrected chi connectivity index (χ4v) is 3.41. The van der Waals surface area contributed by atoms with E-state index < -0.39 is 0 Å². The van der Waals surface area contributed by atoms with Crippen LogP contribution in [0.15, 0.2) is 39.7 Å². The molecule has 4 aromatic rings. The average molecular weight is 346 g/mol. The van der Waals surface area contributed by atoms with E-state index in [1.54, 1.807) is 6.20 Å². The van der Waals surface area contributed by atoms with Gasteiger partial charge in [0.15, 0.2) is 0 Å². The predicted molar refractivity (Wildman–Crippen MR) is 99.2 cm³/mol. The molecule has 130 valence electrons. The van der Waals surface area contributed by atoms with Gasteiger partial charge in [0.25, 0.3) is 5.56 Å². The number of hydrogen-bond acceptors (Lipinski definition) is 5. The Balaban J connectivity index is 1.80. The molecule has 6 nitrogen and oxygen atoms in total. The Morgan fingerprint density at radius 3 is 2.77 bits per heavy atom. The van der Waals surface area contributed by atoms with Crippen LogP contribution in [0.2, 0.25) is 0 Å². The van der Waals surface area contributed by atoms with Crippen molar-refractivity contribution < 1.29 is 4.42 Å². The maximum absolute atomic E-state index is 12.5. The van der Waals surface area contributed by atoms with Crippen LogP contribution in [0.3, 0.4) is 0 Å². The number of pyridine rings is 2. The van der Waals surface area contributed by atoms with Crippen molar-refractivity contribution in [1.29, 1.82) is 0 Å². The molecule has 0 atom stereocenters. The molecule has 0 amide bonds. The lowest BCUT2D eigenvalue weighted by molar-refractivity contribution is 0.508. The molecule has 0 bridgehead atoms. The Morgan fingerprint density at radius 1 is 1.15 bits per heavy atom. The number of aromatic amines is 1. The number of H-pyrrole nitrogens is 1. The standard InChI is InChI=1S/C20H18N4O2/c1-10(2)17-13-6-5-12(20-24-23-19(26-20)11-3-4-11)9-14(13)16-15(22-17)7-8-21-18(16)25/h5-11H,3-4H2,1-2H3,(H,21,25). The third-order valence-electron chi connectivity index (χ3n) is 4.91. The number of nitrogens with zero attached hydrogens (tertiary/aromatic N) is 3. The van der Waals surface area contributed by atoms with E-state index >= 15 is 0 Å². The predicted octanol–water partition coefficient (Wildman–Crippen LogP) is 4.13. The summed E-state index contributed by atoms with van der Waals surface area (Å²) in [4.78, 5) is 20.0. The van der Waals surface area contributed by atoms with Crippen LogP contribution in [0.4, 0.5) is 0 Å². The first-order valence-corrected chi connectivity index (χ1v) is 8.90. The lowest BCUT2D eigenvalue weighted by Crippen LogP contribution is -2.08. The van der Waals surface area contributed by atoms with Gasteiger partial charge in [0.05, 0.1) is 16.6 Å². The van der Waals surface area contributed by atoms with Crippen molar-refractivity contribution in [2.24, 2.45) is 0 Å². The minimum Gasteiger partial charge on any atom is -0.420 e. The van der Waals surface area contributed by atoms with Gasteiger partial charge in [-0.2, -0.15) is 0 Å². The molecule has 5 rings (SSSR count). The molecule has 3 aromatic heterocycles. The number of nitrogens with one attached hydrogen (secondary N) is 1. The van der Waals surface area contributed by atoms with Crippen molar-refractivity contribution in [3.8, 4) is 11.5 Å². The minimum absolute atomic E-state index is 0.142. The van der Waals surface area contributed by atoms with Gasteiger partial charge < -0.3 is 9.40 Å². The molecule has 1 aromatic carbocycles. The minimum atomic E-state index is -0.142. The summed E-state index contributed by atoms with van der Waals surface area (Å²) in [5, 5.41) is 10.8. The molecule has 1 aliphatic carbocycles. The highest BCUT2D eigenvalue weighted by Crippen LogP contribution is 2.40. The molecule has 0 aliphatic heterocycles. The van der Waals surface area contributed by atoms with Crippen molar-refractivity contribution in [2.45, 2.75) is 38.5 Å². The zero-order valence-electron chi connectivity index (χ0n) is 14.6. The second-order valence-electron chi connectivity index (χ2n) is 7.20. The summed E-state index contributed by atoms with van der Waals surface area (Å²) in [6, 6.07) is 7.76. The summed E-state index contributed by atoms with van der Waals surface area (Å²) >= 11 is 0. The van der Waals surface area contributed by atoms with E-state index in [1.807, 2.05) is 24.3 Å². The fraction of sp³-hybridized carbons (Fsp3) is 0.300. The zero-order valence-corrected chi connectivity index (χ0v) is 14.6. The molecule has 0 saturated heterocycles. The number of benzene rings is 1. The van der Waals surface area contributed by atoms with Gasteiger partial charge in [-0.3, -0.25) is 9.78 Å². The largest absolute Gasteiger partial charge is 0.420 e. The van der Waals surface area contributed by atoms with Gasteiger partial charge in [-0.15, -0.1) is 10.2 Å². The fourth-order valence-electron chi connectivity index (χ4n) is 3.41. The lowest BCUT2D eigenvalue weighted by Gasteiger charge is -2.12. The Bertz CT molecular complexity index is 1200. The van der Waals surface area contributed by atoms with Crippen LogP contribution in [-0.2, 0) is 0 Å². The van der Waals surface area contributed by atoms with E-state index in [2.05, 4.69) is 29.0 Å². The summed E-state index contributed by atoms with van der Waals surface area (Å²) in [7, 11) is 0. The van der Waals surface area contributed by atoms with Gasteiger partial charge in [-0.05, 0) is 42.3 Å². The summed E-state index contributed by atoms with van der Waals surface area (Å²) in [6.45, 7) is 4.21. The first-order valence-electron chi connectivity index (χ1n) is 8.90. The SMILES string of the molecule is CC(C)c1nc2cc[nH]c(=O)c2c2cc(-c3nnc(C4CC4)o3)ccc12. The second-order valence-corrected chi connectivity index (χ2v) is 7.20. The van der Waals surface area contributed by atoms with Gasteiger partial charge in [-0.25, -0.2) is 0 Å². The maximum Gasteiger partial charge on any atom is 0.258 e. The smallest absolute Gasteiger partial charge is 0.258 e. The third kappa shape index (κ3) is 2.33. The summed E-state index contributed by atoms with van der Waals surface area (Å²) in [5.41, 5.74) is 2.36. The second kappa shape index (κ2) is 5.49. The molecule has 0 spiro atoms. The van der Waals surface area contributed by atoms with Gasteiger partial charge in [-0.1, -0.05) is 19.9 Å². The highest BCUT2D eigenvalue weighted by molar-refractivity contribution is 6.07. The summed E-state index contributed by atoms with van der Waals surface area (Å²) in [6.07, 6.45) is 3.86. The molecule has 1 saturated carbocycles. The third-order valence-corrected chi connectivity index (χ3v) is 4.91. The Labute approximate surface area is 149 Å². The van der Waals surface area contributed by atoms with E-state index in [-0.39, 0.29) is 11.5 Å². The van der Waals surface area contributed by atoms with Crippen LogP contribution >= 0.6 is 0 Å². The van der Waals surface area contributed by atoms with Crippen LogP contribution in [0, 0.1) is 0 Å². The quantitative estimate of drug-likeness (QED) is 0.564. The van der Waals surface area contributed by atoms with Crippen molar-refractivity contribution in [3.05, 3.63) is 52.4 Å². The van der Waals surface area contributed by atoms with E-state index in [4.69, 9.17) is 9.40 Å². The highest BCUT2D eigenvalue weighted by Gasteiger charge is 2.29. The number of hydrogen-bond donors (Lipinski definition) is 1. The van der Waals surface area contributed by atoms with Crippen molar-refractivity contribution in [1.82, 2.24) is 20.2 Å². The normalized spacial score (nSPS) is 14.6. The number of aromatic nitrogens is 4. The maximum atomic E-state index is 12.5. The topological polar surface area (TPSA) is 84.7 Å². The molecular weight excluding hydrogens is 328 g/mol. The molecular formula is C20H18N4O2. The van der Waals surface area contributed by atoms with E-state index in [0.29, 0.717) is 28.6 Å². The number of fused-ring (bicyclic) bond motifs is 3. The van der Waals surface area contributed by atoms with Crippen LogP contribution in [0.5, 0.6) is 0 Å². The van der Waals surface area contributed by atoms with Gasteiger partial charge in [0.1, 0.15) is 0 Å². The van der Waals surface area contributed by atoms with Crippen LogP contribution in [0.25, 0.3) is 33.1 Å². The molecule has 0 radical (unpaired) electrons. The number of rotatable bonds is 3. The molecule has 26 heavy (non-hydrogen) atoms. The first-order chi connectivity index (χ1) is 12.6. The Hall–Kier alpha value is -3.02. The lowest BCUT2D eigenvalue weighted by atomic mass is 9.97. The van der Waals surface area contributed by atoms with Crippen LogP contribution in [0.1, 0.15) is 50.1 Å². The Kier molecular flexibility index (Phi) is 3.22. The van der Waals surface area contributed by atoms with E-state index in [9.17, 15) is 4.79 Å². The average Bonchev–Trinajstić information content (AvgIpc) is 3.37. The highest BCUT2D eigenvalue weighted by atomic mass is 16.4. The van der Waals surface area contributed by atoms with Crippen molar-refractivity contribution in [3.63, 3.8) is 0 Å². The van der Waals surface area contributed by atoms with Gasteiger partial charge in [0, 0.05) is 23.1 Å². The van der Waals surface area contributed by atoms with Crippen LogP contribution < -0.4 is 5.56 Å². The van der Waals surface area contributed by atoms with Gasteiger partial charge >= 0.3 is 0 Å². The van der Waals surface area contributed by atoms with Crippen molar-refractivity contribution >= 4 is 21.7 Å². The molecule has 0 unspecified atom stereocenters. The summed E-state index contributed by atoms with van der Waals surface area (Å²) < 4.78 is 5.84. The van der Waals surface area contributed by atoms with Crippen molar-refractivity contribution in [2.75, 3.05) is 0 Å². The molecule has 3 heterocycles.